The van der Waals surface area contributed by atoms with Gasteiger partial charge < -0.3 is 18.7 Å². The lowest BCUT2D eigenvalue weighted by Gasteiger charge is -2.21. The van der Waals surface area contributed by atoms with Gasteiger partial charge in [-0.25, -0.2) is 4.79 Å². The largest absolute Gasteiger partial charge is 0.461 e. The maximum Gasteiger partial charge on any atom is 0.332 e. The molecule has 7 nitrogen and oxygen atoms in total. The number of rotatable bonds is 6. The second-order valence-electron chi connectivity index (χ2n) is 4.40. The van der Waals surface area contributed by atoms with E-state index in [9.17, 15) is 4.79 Å². The molecule has 1 aromatic heterocycles. The van der Waals surface area contributed by atoms with Crippen molar-refractivity contribution >= 4 is 5.97 Å². The minimum absolute atomic E-state index is 0.0243. The predicted octanol–water partition coefficient (Wildman–Crippen LogP) is 1.01. The van der Waals surface area contributed by atoms with Crippen LogP contribution in [0.1, 0.15) is 31.0 Å². The summed E-state index contributed by atoms with van der Waals surface area (Å²) in [6, 6.07) is 0. The maximum absolute atomic E-state index is 11.4. The molecule has 0 spiro atoms. The summed E-state index contributed by atoms with van der Waals surface area (Å²) in [7, 11) is 0. The molecular weight excluding hydrogens is 252 g/mol. The molecule has 0 aliphatic carbocycles. The molecule has 1 saturated heterocycles. The van der Waals surface area contributed by atoms with E-state index >= 15 is 0 Å². The van der Waals surface area contributed by atoms with Crippen LogP contribution in [0.3, 0.4) is 0 Å². The van der Waals surface area contributed by atoms with Crippen LogP contribution in [-0.2, 0) is 25.6 Å². The van der Waals surface area contributed by atoms with Crippen LogP contribution in [0.2, 0.25) is 0 Å². The maximum atomic E-state index is 11.4. The highest BCUT2D eigenvalue weighted by Gasteiger charge is 2.16. The average molecular weight is 270 g/mol. The number of hydrogen-bond donors (Lipinski definition) is 0. The third-order valence-corrected chi connectivity index (χ3v) is 2.72. The van der Waals surface area contributed by atoms with E-state index in [-0.39, 0.29) is 19.3 Å². The van der Waals surface area contributed by atoms with Crippen molar-refractivity contribution < 1.29 is 23.5 Å². The number of carbonyl (C=O) groups excluding carboxylic acids is 1. The van der Waals surface area contributed by atoms with Crippen molar-refractivity contribution in [2.45, 2.75) is 38.9 Å². The number of aromatic nitrogens is 2. The molecule has 1 atom stereocenters. The van der Waals surface area contributed by atoms with Gasteiger partial charge in [-0.3, -0.25) is 0 Å². The first kappa shape index (κ1) is 14.0. The Balaban J connectivity index is 1.56. The molecule has 0 N–H and O–H groups in total. The van der Waals surface area contributed by atoms with Crippen LogP contribution >= 0.6 is 0 Å². The van der Waals surface area contributed by atoms with E-state index in [0.29, 0.717) is 18.3 Å². The Morgan fingerprint density at radius 1 is 1.47 bits per heavy atom. The van der Waals surface area contributed by atoms with E-state index < -0.39 is 5.97 Å². The minimum Gasteiger partial charge on any atom is -0.461 e. The zero-order valence-electron chi connectivity index (χ0n) is 11.0. The van der Waals surface area contributed by atoms with Gasteiger partial charge in [-0.2, -0.15) is 4.98 Å². The Bertz CT molecular complexity index is 401. The number of nitrogens with zero attached hydrogens (tertiary/aromatic N) is 2. The molecule has 19 heavy (non-hydrogen) atoms. The van der Waals surface area contributed by atoms with Gasteiger partial charge in [0, 0.05) is 6.61 Å². The highest BCUT2D eigenvalue weighted by Crippen LogP contribution is 2.12. The topological polar surface area (TPSA) is 83.7 Å². The summed E-state index contributed by atoms with van der Waals surface area (Å²) in [6.45, 7) is 2.73. The summed E-state index contributed by atoms with van der Waals surface area (Å²) >= 11 is 0. The average Bonchev–Trinajstić information content (AvgIpc) is 2.83. The molecule has 1 aliphatic rings. The molecular formula is C12H18N2O5. The summed E-state index contributed by atoms with van der Waals surface area (Å²) < 4.78 is 20.5. The van der Waals surface area contributed by atoms with Crippen LogP contribution in [0.5, 0.6) is 0 Å². The van der Waals surface area contributed by atoms with Crippen LogP contribution in [0, 0.1) is 6.92 Å². The number of carbonyl (C=O) groups is 1. The minimum atomic E-state index is -0.412. The zero-order chi connectivity index (χ0) is 13.5. The fourth-order valence-corrected chi connectivity index (χ4v) is 1.79. The summed E-state index contributed by atoms with van der Waals surface area (Å²) in [5.41, 5.74) is 0. The van der Waals surface area contributed by atoms with Crippen LogP contribution in [0.4, 0.5) is 0 Å². The molecule has 0 bridgehead atoms. The number of aryl methyl sites for hydroxylation is 1. The molecule has 0 amide bonds. The predicted molar refractivity (Wildman–Crippen MR) is 63.2 cm³/mol. The van der Waals surface area contributed by atoms with Crippen molar-refractivity contribution in [2.75, 3.05) is 19.8 Å². The van der Waals surface area contributed by atoms with E-state index in [1.165, 1.54) is 0 Å². The third kappa shape index (κ3) is 4.96. The van der Waals surface area contributed by atoms with Gasteiger partial charge in [-0.15, -0.1) is 0 Å². The molecule has 0 aromatic carbocycles. The van der Waals surface area contributed by atoms with Gasteiger partial charge in [0.25, 0.3) is 5.89 Å². The van der Waals surface area contributed by atoms with Crippen molar-refractivity contribution in [3.8, 4) is 0 Å². The second kappa shape index (κ2) is 7.20. The van der Waals surface area contributed by atoms with Crippen molar-refractivity contribution in [1.82, 2.24) is 10.1 Å². The molecule has 2 rings (SSSR count). The molecule has 2 heterocycles. The molecule has 0 saturated carbocycles. The van der Waals surface area contributed by atoms with Crippen molar-refractivity contribution in [3.05, 3.63) is 11.7 Å². The Morgan fingerprint density at radius 2 is 2.37 bits per heavy atom. The van der Waals surface area contributed by atoms with E-state index in [0.717, 1.165) is 25.9 Å². The fraction of sp³-hybridized carbons (Fsp3) is 0.750. The molecule has 1 aromatic rings. The second-order valence-corrected chi connectivity index (χ2v) is 4.40. The summed E-state index contributed by atoms with van der Waals surface area (Å²) in [5, 5.41) is 3.61. The van der Waals surface area contributed by atoms with Gasteiger partial charge in [0.05, 0.1) is 6.10 Å². The Hall–Kier alpha value is -1.47. The van der Waals surface area contributed by atoms with Gasteiger partial charge >= 0.3 is 5.97 Å². The van der Waals surface area contributed by atoms with E-state index in [1.807, 2.05) is 0 Å². The SMILES string of the molecule is Cc1noc(COCC(=O)OCC2CCCCO2)n1. The highest BCUT2D eigenvalue weighted by atomic mass is 16.6. The lowest BCUT2D eigenvalue weighted by molar-refractivity contribution is -0.155. The van der Waals surface area contributed by atoms with Gasteiger partial charge in [-0.1, -0.05) is 5.16 Å². The Labute approximate surface area is 111 Å². The molecule has 1 unspecified atom stereocenters. The quantitative estimate of drug-likeness (QED) is 0.713. The van der Waals surface area contributed by atoms with Gasteiger partial charge in [0.15, 0.2) is 5.82 Å². The standard InChI is InChI=1S/C12H18N2O5/c1-9-13-11(19-14-9)7-16-8-12(15)18-6-10-4-2-3-5-17-10/h10H,2-8H2,1H3. The van der Waals surface area contributed by atoms with E-state index in [1.54, 1.807) is 6.92 Å². The molecule has 0 radical (unpaired) electrons. The molecule has 106 valence electrons. The normalized spacial score (nSPS) is 19.3. The van der Waals surface area contributed by atoms with Gasteiger partial charge in [-0.05, 0) is 26.2 Å². The molecule has 7 heteroatoms. The molecule has 1 aliphatic heterocycles. The molecule has 1 fully saturated rings. The monoisotopic (exact) mass is 270 g/mol. The Kier molecular flexibility index (Phi) is 5.29. The van der Waals surface area contributed by atoms with Gasteiger partial charge in [0.2, 0.25) is 0 Å². The van der Waals surface area contributed by atoms with E-state index in [4.69, 9.17) is 18.7 Å². The zero-order valence-corrected chi connectivity index (χ0v) is 11.0. The van der Waals surface area contributed by atoms with Crippen molar-refractivity contribution in [2.24, 2.45) is 0 Å². The van der Waals surface area contributed by atoms with Gasteiger partial charge in [0.1, 0.15) is 19.8 Å². The van der Waals surface area contributed by atoms with Crippen LogP contribution < -0.4 is 0 Å². The highest BCUT2D eigenvalue weighted by molar-refractivity contribution is 5.70. The van der Waals surface area contributed by atoms with Crippen LogP contribution in [-0.4, -0.2) is 42.0 Å². The lowest BCUT2D eigenvalue weighted by atomic mass is 10.1. The first-order valence-corrected chi connectivity index (χ1v) is 6.38. The van der Waals surface area contributed by atoms with Crippen LogP contribution in [0.25, 0.3) is 0 Å². The first-order chi connectivity index (χ1) is 9.24. The fourth-order valence-electron chi connectivity index (χ4n) is 1.79. The van der Waals surface area contributed by atoms with Crippen molar-refractivity contribution in [1.29, 1.82) is 0 Å². The van der Waals surface area contributed by atoms with Crippen molar-refractivity contribution in [3.63, 3.8) is 0 Å². The number of hydrogen-bond acceptors (Lipinski definition) is 7. The summed E-state index contributed by atoms with van der Waals surface area (Å²) in [6.07, 6.45) is 3.17. The van der Waals surface area contributed by atoms with E-state index in [2.05, 4.69) is 10.1 Å². The summed E-state index contributed by atoms with van der Waals surface area (Å²) in [4.78, 5) is 15.4. The Morgan fingerprint density at radius 3 is 3.05 bits per heavy atom. The lowest BCUT2D eigenvalue weighted by Crippen LogP contribution is -2.27. The smallest absolute Gasteiger partial charge is 0.332 e. The third-order valence-electron chi connectivity index (χ3n) is 2.72. The number of esters is 1. The first-order valence-electron chi connectivity index (χ1n) is 6.38. The van der Waals surface area contributed by atoms with Crippen LogP contribution in [0.15, 0.2) is 4.52 Å². The summed E-state index contributed by atoms with van der Waals surface area (Å²) in [5.74, 6) is 0.474. The number of ether oxygens (including phenoxy) is 3.